The summed E-state index contributed by atoms with van der Waals surface area (Å²) < 4.78 is 0. The maximum Gasteiger partial charge on any atom is 0.155 e. The van der Waals surface area contributed by atoms with Gasteiger partial charge in [-0.1, -0.05) is 18.6 Å². The van der Waals surface area contributed by atoms with Gasteiger partial charge in [0.15, 0.2) is 5.78 Å². The van der Waals surface area contributed by atoms with Crippen LogP contribution in [-0.4, -0.2) is 17.0 Å². The molecule has 7 atom stereocenters. The van der Waals surface area contributed by atoms with E-state index in [0.29, 0.717) is 35.4 Å². The molecule has 0 aromatic rings. The third-order valence-corrected chi connectivity index (χ3v) is 7.60. The van der Waals surface area contributed by atoms with E-state index in [-0.39, 0.29) is 11.5 Å². The Hall–Kier alpha value is -1.33. The molecule has 0 radical (unpaired) electrons. The van der Waals surface area contributed by atoms with Gasteiger partial charge in [0.1, 0.15) is 0 Å². The number of aliphatic hydroxyl groups is 1. The highest BCUT2D eigenvalue weighted by Crippen LogP contribution is 2.63. The van der Waals surface area contributed by atoms with Crippen LogP contribution in [0, 0.1) is 47.9 Å². The van der Waals surface area contributed by atoms with E-state index in [0.717, 1.165) is 32.1 Å². The Morgan fingerprint density at radius 2 is 2.00 bits per heavy atom. The summed E-state index contributed by atoms with van der Waals surface area (Å²) in [5.74, 6) is 3.48. The smallest absolute Gasteiger partial charge is 0.155 e. The molecule has 0 bridgehead atoms. The van der Waals surface area contributed by atoms with E-state index in [2.05, 4.69) is 32.4 Å². The van der Waals surface area contributed by atoms with E-state index < -0.39 is 0 Å². The number of carbonyl (C=O) groups excluding carboxylic acids is 1. The SMILES string of the molecule is C#C.C=C[C@H]1CC2(C)C(O)CCC2C2CCC3=CC(=O)CCC3C21. The van der Waals surface area contributed by atoms with E-state index >= 15 is 0 Å². The van der Waals surface area contributed by atoms with E-state index in [1.165, 1.54) is 18.4 Å². The van der Waals surface area contributed by atoms with Gasteiger partial charge in [0.2, 0.25) is 0 Å². The number of hydrogen-bond acceptors (Lipinski definition) is 2. The van der Waals surface area contributed by atoms with Crippen molar-refractivity contribution < 1.29 is 9.90 Å². The zero-order valence-electron chi connectivity index (χ0n) is 14.8. The predicted octanol–water partition coefficient (Wildman–Crippen LogP) is 4.15. The van der Waals surface area contributed by atoms with Crippen molar-refractivity contribution in [2.45, 2.75) is 58.0 Å². The van der Waals surface area contributed by atoms with E-state index in [1.807, 2.05) is 6.08 Å². The summed E-state index contributed by atoms with van der Waals surface area (Å²) in [5.41, 5.74) is 1.51. The number of fused-ring (bicyclic) bond motifs is 5. The van der Waals surface area contributed by atoms with Gasteiger partial charge in [0.25, 0.3) is 0 Å². The van der Waals surface area contributed by atoms with Gasteiger partial charge in [-0.05, 0) is 79.6 Å². The van der Waals surface area contributed by atoms with Gasteiger partial charge in [-0.15, -0.1) is 19.4 Å². The lowest BCUT2D eigenvalue weighted by molar-refractivity contribution is -0.116. The molecule has 4 aliphatic rings. The van der Waals surface area contributed by atoms with Crippen molar-refractivity contribution in [2.24, 2.45) is 35.0 Å². The minimum absolute atomic E-state index is 0.0890. The summed E-state index contributed by atoms with van der Waals surface area (Å²) >= 11 is 0. The maximum atomic E-state index is 11.8. The van der Waals surface area contributed by atoms with Crippen molar-refractivity contribution in [1.29, 1.82) is 0 Å². The fourth-order valence-corrected chi connectivity index (χ4v) is 6.59. The van der Waals surface area contributed by atoms with Crippen LogP contribution in [0.1, 0.15) is 51.9 Å². The standard InChI is InChI=1S/C20H28O2.C2H2/c1-3-12-11-20(2)17(8-9-18(20)22)16-6-4-13-10-14(21)5-7-15(13)19(12)16;1-2/h3,10,12,15-19,22H,1,4-9,11H2,2H3;1-2H/t12-,15?,16?,17?,18?,19?,20?;/m0./s1. The molecular weight excluding hydrogens is 296 g/mol. The van der Waals surface area contributed by atoms with Crippen molar-refractivity contribution in [2.75, 3.05) is 0 Å². The highest BCUT2D eigenvalue weighted by molar-refractivity contribution is 5.91. The van der Waals surface area contributed by atoms with Gasteiger partial charge >= 0.3 is 0 Å². The quantitative estimate of drug-likeness (QED) is 0.580. The second-order valence-corrected chi connectivity index (χ2v) is 8.42. The largest absolute Gasteiger partial charge is 0.393 e. The first-order valence-corrected chi connectivity index (χ1v) is 9.42. The van der Waals surface area contributed by atoms with E-state index in [4.69, 9.17) is 0 Å². The molecule has 0 aromatic heterocycles. The van der Waals surface area contributed by atoms with Gasteiger partial charge in [0.05, 0.1) is 6.10 Å². The molecule has 130 valence electrons. The molecule has 0 aliphatic heterocycles. The Kier molecular flexibility index (Phi) is 4.76. The first kappa shape index (κ1) is 17.5. The third kappa shape index (κ3) is 2.49. The number of rotatable bonds is 1. The molecular formula is C22H30O2. The Morgan fingerprint density at radius 1 is 1.25 bits per heavy atom. The maximum absolute atomic E-state index is 11.8. The average molecular weight is 326 g/mol. The van der Waals surface area contributed by atoms with Crippen LogP contribution >= 0.6 is 0 Å². The summed E-state index contributed by atoms with van der Waals surface area (Å²) in [6.45, 7) is 6.45. The van der Waals surface area contributed by atoms with Crippen LogP contribution in [-0.2, 0) is 4.79 Å². The third-order valence-electron chi connectivity index (χ3n) is 7.60. The topological polar surface area (TPSA) is 37.3 Å². The Balaban J connectivity index is 0.000000815. The minimum Gasteiger partial charge on any atom is -0.393 e. The molecule has 4 aliphatic carbocycles. The van der Waals surface area contributed by atoms with Crippen LogP contribution in [0.3, 0.4) is 0 Å². The lowest BCUT2D eigenvalue weighted by atomic mass is 9.49. The molecule has 3 saturated carbocycles. The van der Waals surface area contributed by atoms with Gasteiger partial charge in [-0.25, -0.2) is 0 Å². The number of ketones is 1. The normalized spacial score (nSPS) is 46.5. The van der Waals surface area contributed by atoms with Gasteiger partial charge in [-0.2, -0.15) is 0 Å². The molecule has 2 nitrogen and oxygen atoms in total. The second kappa shape index (κ2) is 6.52. The first-order chi connectivity index (χ1) is 11.5. The van der Waals surface area contributed by atoms with Crippen LogP contribution in [0.2, 0.25) is 0 Å². The molecule has 0 amide bonds. The summed E-state index contributed by atoms with van der Waals surface area (Å²) in [7, 11) is 0. The van der Waals surface area contributed by atoms with Crippen molar-refractivity contribution in [3.8, 4) is 12.8 Å². The molecule has 0 aromatic carbocycles. The molecule has 0 saturated heterocycles. The highest BCUT2D eigenvalue weighted by Gasteiger charge is 2.58. The van der Waals surface area contributed by atoms with Crippen molar-refractivity contribution in [3.63, 3.8) is 0 Å². The molecule has 2 heteroatoms. The zero-order chi connectivity index (χ0) is 17.5. The number of carbonyl (C=O) groups is 1. The molecule has 1 N–H and O–H groups in total. The minimum atomic E-state index is -0.134. The van der Waals surface area contributed by atoms with Crippen LogP contribution < -0.4 is 0 Å². The van der Waals surface area contributed by atoms with Gasteiger partial charge in [-0.3, -0.25) is 4.79 Å². The van der Waals surface area contributed by atoms with Crippen molar-refractivity contribution >= 4 is 5.78 Å². The Morgan fingerprint density at radius 3 is 2.71 bits per heavy atom. The van der Waals surface area contributed by atoms with Crippen LogP contribution in [0.25, 0.3) is 0 Å². The van der Waals surface area contributed by atoms with Crippen molar-refractivity contribution in [3.05, 3.63) is 24.3 Å². The molecule has 0 spiro atoms. The fraction of sp³-hybridized carbons (Fsp3) is 0.682. The molecule has 0 heterocycles. The molecule has 3 fully saturated rings. The average Bonchev–Trinajstić information content (AvgIpc) is 2.90. The lowest BCUT2D eigenvalue weighted by Gasteiger charge is -2.56. The summed E-state index contributed by atoms with van der Waals surface area (Å²) in [4.78, 5) is 11.8. The molecule has 6 unspecified atom stereocenters. The number of allylic oxidation sites excluding steroid dienone is 2. The summed E-state index contributed by atoms with van der Waals surface area (Å²) in [5, 5.41) is 10.6. The first-order valence-electron chi connectivity index (χ1n) is 9.42. The van der Waals surface area contributed by atoms with E-state index in [9.17, 15) is 9.90 Å². The second-order valence-electron chi connectivity index (χ2n) is 8.42. The fourth-order valence-electron chi connectivity index (χ4n) is 6.59. The number of aliphatic hydroxyl groups excluding tert-OH is 1. The lowest BCUT2D eigenvalue weighted by Crippen LogP contribution is -2.51. The molecule has 4 rings (SSSR count). The Bertz CT molecular complexity index is 572. The van der Waals surface area contributed by atoms with Gasteiger partial charge < -0.3 is 5.11 Å². The van der Waals surface area contributed by atoms with Gasteiger partial charge in [0, 0.05) is 6.42 Å². The summed E-state index contributed by atoms with van der Waals surface area (Å²) in [6.07, 6.45) is 19.3. The zero-order valence-corrected chi connectivity index (χ0v) is 14.8. The molecule has 24 heavy (non-hydrogen) atoms. The number of terminal acetylenes is 1. The monoisotopic (exact) mass is 326 g/mol. The number of hydrogen-bond donors (Lipinski definition) is 1. The highest BCUT2D eigenvalue weighted by atomic mass is 16.3. The van der Waals surface area contributed by atoms with E-state index in [1.54, 1.807) is 0 Å². The Labute approximate surface area is 146 Å². The van der Waals surface area contributed by atoms with Crippen LogP contribution in [0.5, 0.6) is 0 Å². The van der Waals surface area contributed by atoms with Crippen molar-refractivity contribution in [1.82, 2.24) is 0 Å². The predicted molar refractivity (Wildman–Crippen MR) is 97.1 cm³/mol. The van der Waals surface area contributed by atoms with Crippen LogP contribution in [0.4, 0.5) is 0 Å². The summed E-state index contributed by atoms with van der Waals surface area (Å²) in [6, 6.07) is 0. The van der Waals surface area contributed by atoms with Crippen LogP contribution in [0.15, 0.2) is 24.3 Å².